The number of nitrogens with two attached hydrogens (primary N) is 1. The smallest absolute Gasteiger partial charge is 0.251 e. The van der Waals surface area contributed by atoms with Gasteiger partial charge < -0.3 is 15.4 Å². The molecule has 0 aliphatic carbocycles. The van der Waals surface area contributed by atoms with Gasteiger partial charge in [-0.05, 0) is 44.4 Å². The van der Waals surface area contributed by atoms with Gasteiger partial charge in [0.15, 0.2) is 0 Å². The Kier molecular flexibility index (Phi) is 4.31. The maximum Gasteiger partial charge on any atom is 0.251 e. The Bertz CT molecular complexity index is 714. The van der Waals surface area contributed by atoms with Gasteiger partial charge in [-0.15, -0.1) is 0 Å². The van der Waals surface area contributed by atoms with Gasteiger partial charge >= 0.3 is 0 Å². The maximum atomic E-state index is 12.0. The summed E-state index contributed by atoms with van der Waals surface area (Å²) < 4.78 is 2.17. The van der Waals surface area contributed by atoms with Crippen LogP contribution in [-0.4, -0.2) is 15.6 Å². The van der Waals surface area contributed by atoms with Crippen molar-refractivity contribution in [2.45, 2.75) is 40.7 Å². The van der Waals surface area contributed by atoms with Crippen molar-refractivity contribution in [2.24, 2.45) is 11.7 Å². The van der Waals surface area contributed by atoms with Crippen molar-refractivity contribution < 1.29 is 9.90 Å². The molecule has 0 radical (unpaired) electrons. The SMILES string of the molecule is Cc1c(C(N)=O)c(-c2cccc(O)c2)c(C)n1C(C)C(C)C. The summed E-state index contributed by atoms with van der Waals surface area (Å²) in [5.41, 5.74) is 9.67. The number of amides is 1. The molecule has 4 nitrogen and oxygen atoms in total. The zero-order chi connectivity index (χ0) is 16.6. The first-order valence-electron chi connectivity index (χ1n) is 7.56. The minimum Gasteiger partial charge on any atom is -0.508 e. The molecule has 0 aliphatic heterocycles. The summed E-state index contributed by atoms with van der Waals surface area (Å²) in [5, 5.41) is 9.75. The van der Waals surface area contributed by atoms with Crippen LogP contribution in [0.15, 0.2) is 24.3 Å². The Hall–Kier alpha value is -2.23. The first-order valence-corrected chi connectivity index (χ1v) is 7.56. The predicted molar refractivity (Wildman–Crippen MR) is 89.1 cm³/mol. The lowest BCUT2D eigenvalue weighted by molar-refractivity contribution is 0.1000. The molecule has 118 valence electrons. The van der Waals surface area contributed by atoms with Gasteiger partial charge in [0.25, 0.3) is 5.91 Å². The standard InChI is InChI=1S/C18H24N2O2/c1-10(2)11(3)20-12(4)16(17(13(20)5)18(19)22)14-7-6-8-15(21)9-14/h6-11,21H,1-5H3,(H2,19,22). The number of carbonyl (C=O) groups excluding carboxylic acids is 1. The third-order valence-corrected chi connectivity index (χ3v) is 4.45. The van der Waals surface area contributed by atoms with E-state index in [1.165, 1.54) is 0 Å². The molecule has 0 saturated heterocycles. The highest BCUT2D eigenvalue weighted by Gasteiger charge is 2.25. The molecule has 2 rings (SSSR count). The van der Waals surface area contributed by atoms with Crippen molar-refractivity contribution in [2.75, 3.05) is 0 Å². The molecule has 1 heterocycles. The summed E-state index contributed by atoms with van der Waals surface area (Å²) in [6, 6.07) is 7.19. The summed E-state index contributed by atoms with van der Waals surface area (Å²) in [4.78, 5) is 12.0. The molecule has 4 heteroatoms. The molecule has 1 aromatic heterocycles. The lowest BCUT2D eigenvalue weighted by Gasteiger charge is -2.22. The van der Waals surface area contributed by atoms with Crippen LogP contribution in [0.4, 0.5) is 0 Å². The number of primary amides is 1. The van der Waals surface area contributed by atoms with Gasteiger partial charge in [-0.3, -0.25) is 4.79 Å². The average molecular weight is 300 g/mol. The molecule has 3 N–H and O–H groups in total. The highest BCUT2D eigenvalue weighted by Crippen LogP contribution is 2.36. The van der Waals surface area contributed by atoms with Crippen LogP contribution >= 0.6 is 0 Å². The van der Waals surface area contributed by atoms with Gasteiger partial charge in [-0.2, -0.15) is 0 Å². The van der Waals surface area contributed by atoms with Crippen LogP contribution in [0.25, 0.3) is 11.1 Å². The van der Waals surface area contributed by atoms with Crippen LogP contribution in [-0.2, 0) is 0 Å². The van der Waals surface area contributed by atoms with Gasteiger partial charge in [0.05, 0.1) is 5.56 Å². The molecular formula is C18H24N2O2. The second-order valence-electron chi connectivity index (χ2n) is 6.19. The molecule has 1 atom stereocenters. The van der Waals surface area contributed by atoms with Crippen LogP contribution in [0.3, 0.4) is 0 Å². The van der Waals surface area contributed by atoms with E-state index in [-0.39, 0.29) is 11.8 Å². The summed E-state index contributed by atoms with van der Waals surface area (Å²) in [5.74, 6) is 0.172. The first-order chi connectivity index (χ1) is 10.3. The van der Waals surface area contributed by atoms with E-state index in [2.05, 4.69) is 25.3 Å². The highest BCUT2D eigenvalue weighted by atomic mass is 16.3. The molecule has 0 spiro atoms. The Morgan fingerprint density at radius 3 is 2.32 bits per heavy atom. The number of aromatic nitrogens is 1. The number of phenolic OH excluding ortho intramolecular Hbond substituents is 1. The Morgan fingerprint density at radius 1 is 1.18 bits per heavy atom. The van der Waals surface area contributed by atoms with E-state index in [0.717, 1.165) is 22.5 Å². The summed E-state index contributed by atoms with van der Waals surface area (Å²) >= 11 is 0. The van der Waals surface area contributed by atoms with Crippen LogP contribution in [0, 0.1) is 19.8 Å². The molecule has 0 saturated carbocycles. The van der Waals surface area contributed by atoms with E-state index >= 15 is 0 Å². The number of hydrogen-bond acceptors (Lipinski definition) is 2. The van der Waals surface area contributed by atoms with E-state index in [1.807, 2.05) is 19.9 Å². The molecule has 1 amide bonds. The van der Waals surface area contributed by atoms with E-state index < -0.39 is 5.91 Å². The lowest BCUT2D eigenvalue weighted by atomic mass is 10.00. The fraction of sp³-hybridized carbons (Fsp3) is 0.389. The number of carbonyl (C=O) groups is 1. The van der Waals surface area contributed by atoms with Gasteiger partial charge in [-0.25, -0.2) is 0 Å². The molecule has 1 unspecified atom stereocenters. The van der Waals surface area contributed by atoms with Crippen molar-refractivity contribution in [3.8, 4) is 16.9 Å². The maximum absolute atomic E-state index is 12.0. The van der Waals surface area contributed by atoms with Crippen LogP contribution in [0.5, 0.6) is 5.75 Å². The van der Waals surface area contributed by atoms with Crippen molar-refractivity contribution in [1.82, 2.24) is 4.57 Å². The molecular weight excluding hydrogens is 276 g/mol. The van der Waals surface area contributed by atoms with Crippen molar-refractivity contribution >= 4 is 5.91 Å². The number of rotatable bonds is 4. The molecule has 0 bridgehead atoms. The van der Waals surface area contributed by atoms with E-state index in [4.69, 9.17) is 5.73 Å². The van der Waals surface area contributed by atoms with Crippen molar-refractivity contribution in [3.05, 3.63) is 41.2 Å². The van der Waals surface area contributed by atoms with E-state index in [0.29, 0.717) is 11.5 Å². The lowest BCUT2D eigenvalue weighted by Crippen LogP contribution is -2.16. The monoisotopic (exact) mass is 300 g/mol. The molecule has 0 fully saturated rings. The van der Waals surface area contributed by atoms with Crippen LogP contribution in [0.1, 0.15) is 48.6 Å². The van der Waals surface area contributed by atoms with Crippen LogP contribution in [0.2, 0.25) is 0 Å². The normalized spacial score (nSPS) is 12.6. The average Bonchev–Trinajstić information content (AvgIpc) is 2.69. The van der Waals surface area contributed by atoms with Gasteiger partial charge in [0.1, 0.15) is 5.75 Å². The van der Waals surface area contributed by atoms with Crippen LogP contribution < -0.4 is 5.73 Å². The third-order valence-electron chi connectivity index (χ3n) is 4.45. The minimum absolute atomic E-state index is 0.176. The van der Waals surface area contributed by atoms with Gasteiger partial charge in [-0.1, -0.05) is 26.0 Å². The second kappa shape index (κ2) is 5.87. The number of hydrogen-bond donors (Lipinski definition) is 2. The fourth-order valence-electron chi connectivity index (χ4n) is 3.08. The molecule has 0 aliphatic rings. The first kappa shape index (κ1) is 16.1. The summed E-state index contributed by atoms with van der Waals surface area (Å²) in [6.45, 7) is 10.4. The Balaban J connectivity index is 2.78. The van der Waals surface area contributed by atoms with Gasteiger partial charge in [0.2, 0.25) is 0 Å². The quantitative estimate of drug-likeness (QED) is 0.902. The highest BCUT2D eigenvalue weighted by molar-refractivity contribution is 6.02. The third kappa shape index (κ3) is 2.61. The van der Waals surface area contributed by atoms with E-state index in [9.17, 15) is 9.90 Å². The Labute approximate surface area is 131 Å². The number of phenols is 1. The zero-order valence-electron chi connectivity index (χ0n) is 13.8. The number of benzene rings is 1. The summed E-state index contributed by atoms with van der Waals surface area (Å²) in [7, 11) is 0. The molecule has 1 aromatic carbocycles. The van der Waals surface area contributed by atoms with Gasteiger partial charge in [0, 0.05) is 23.0 Å². The van der Waals surface area contributed by atoms with E-state index in [1.54, 1.807) is 18.2 Å². The topological polar surface area (TPSA) is 68.2 Å². The Morgan fingerprint density at radius 2 is 1.82 bits per heavy atom. The largest absolute Gasteiger partial charge is 0.508 e. The fourth-order valence-corrected chi connectivity index (χ4v) is 3.08. The number of nitrogens with zero attached hydrogens (tertiary/aromatic N) is 1. The minimum atomic E-state index is -0.436. The number of aromatic hydroxyl groups is 1. The molecule has 2 aromatic rings. The predicted octanol–water partition coefficient (Wildman–Crippen LogP) is 3.79. The second-order valence-corrected chi connectivity index (χ2v) is 6.19. The molecule has 22 heavy (non-hydrogen) atoms. The summed E-state index contributed by atoms with van der Waals surface area (Å²) in [6.07, 6.45) is 0. The van der Waals surface area contributed by atoms with Crippen molar-refractivity contribution in [1.29, 1.82) is 0 Å². The van der Waals surface area contributed by atoms with Crippen molar-refractivity contribution in [3.63, 3.8) is 0 Å². The zero-order valence-corrected chi connectivity index (χ0v) is 13.8.